The van der Waals surface area contributed by atoms with Crippen LogP contribution in [0.15, 0.2) is 0 Å². The van der Waals surface area contributed by atoms with E-state index in [1.165, 1.54) is 0 Å². The molecule has 1 unspecified atom stereocenters. The molecule has 0 amide bonds. The molecule has 0 aliphatic carbocycles. The molecular formula is C15H22O6. The Balaban J connectivity index is 1.74. The minimum absolute atomic E-state index is 0.165. The Kier molecular flexibility index (Phi) is 3.77. The summed E-state index contributed by atoms with van der Waals surface area (Å²) in [7, 11) is 0. The highest BCUT2D eigenvalue weighted by atomic mass is 16.8. The van der Waals surface area contributed by atoms with Crippen LogP contribution in [-0.2, 0) is 28.4 Å². The van der Waals surface area contributed by atoms with Gasteiger partial charge >= 0.3 is 0 Å². The topological polar surface area (TPSA) is 55.4 Å². The SMILES string of the molecule is C#CCOC1O[C@H]([C@H]2COC(C)(C)O2)[C@@H]2OC(C)(C)O[C@H]12. The van der Waals surface area contributed by atoms with Gasteiger partial charge in [0, 0.05) is 0 Å². The molecule has 0 radical (unpaired) electrons. The zero-order chi connectivity index (χ0) is 15.3. The van der Waals surface area contributed by atoms with Crippen LogP contribution in [0.2, 0.25) is 0 Å². The van der Waals surface area contributed by atoms with Crippen LogP contribution in [0.5, 0.6) is 0 Å². The number of fused-ring (bicyclic) bond motifs is 1. The Hall–Kier alpha value is -0.680. The normalized spacial score (nSPS) is 43.7. The molecule has 3 saturated heterocycles. The fourth-order valence-corrected chi connectivity index (χ4v) is 3.03. The molecule has 6 nitrogen and oxygen atoms in total. The van der Waals surface area contributed by atoms with Crippen LogP contribution in [0.4, 0.5) is 0 Å². The van der Waals surface area contributed by atoms with E-state index in [9.17, 15) is 0 Å². The van der Waals surface area contributed by atoms with Crippen LogP contribution in [-0.4, -0.2) is 55.5 Å². The molecule has 0 spiro atoms. The molecule has 0 aromatic rings. The van der Waals surface area contributed by atoms with E-state index in [0.29, 0.717) is 6.61 Å². The van der Waals surface area contributed by atoms with E-state index < -0.39 is 17.9 Å². The molecule has 0 N–H and O–H groups in total. The van der Waals surface area contributed by atoms with Crippen molar-refractivity contribution < 1.29 is 28.4 Å². The Bertz CT molecular complexity index is 440. The number of terminal acetylenes is 1. The van der Waals surface area contributed by atoms with E-state index in [-0.39, 0.29) is 31.0 Å². The first-order valence-electron chi connectivity index (χ1n) is 7.19. The third kappa shape index (κ3) is 2.95. The quantitative estimate of drug-likeness (QED) is 0.726. The predicted octanol–water partition coefficient (Wildman–Crippen LogP) is 1.03. The fourth-order valence-electron chi connectivity index (χ4n) is 3.03. The lowest BCUT2D eigenvalue weighted by atomic mass is 10.1. The average molecular weight is 298 g/mol. The summed E-state index contributed by atoms with van der Waals surface area (Å²) in [5.74, 6) is 1.15. The lowest BCUT2D eigenvalue weighted by Crippen LogP contribution is -2.40. The maximum Gasteiger partial charge on any atom is 0.188 e. The molecule has 5 atom stereocenters. The van der Waals surface area contributed by atoms with Crippen LogP contribution in [0.25, 0.3) is 0 Å². The molecule has 3 fully saturated rings. The van der Waals surface area contributed by atoms with Crippen LogP contribution in [0, 0.1) is 12.3 Å². The van der Waals surface area contributed by atoms with Gasteiger partial charge < -0.3 is 28.4 Å². The second-order valence-corrected chi connectivity index (χ2v) is 6.42. The number of hydrogen-bond donors (Lipinski definition) is 0. The maximum atomic E-state index is 5.96. The molecule has 3 aliphatic rings. The zero-order valence-corrected chi connectivity index (χ0v) is 12.8. The predicted molar refractivity (Wildman–Crippen MR) is 72.2 cm³/mol. The highest BCUT2D eigenvalue weighted by Crippen LogP contribution is 2.42. The number of hydrogen-bond acceptors (Lipinski definition) is 6. The van der Waals surface area contributed by atoms with Crippen molar-refractivity contribution in [3.8, 4) is 12.3 Å². The molecule has 118 valence electrons. The minimum atomic E-state index is -0.676. The summed E-state index contributed by atoms with van der Waals surface area (Å²) in [6, 6.07) is 0. The van der Waals surface area contributed by atoms with Crippen molar-refractivity contribution in [2.45, 2.75) is 70.0 Å². The van der Waals surface area contributed by atoms with E-state index in [1.807, 2.05) is 27.7 Å². The van der Waals surface area contributed by atoms with Crippen molar-refractivity contribution >= 4 is 0 Å². The van der Waals surface area contributed by atoms with Crippen LogP contribution >= 0.6 is 0 Å². The Morgan fingerprint density at radius 3 is 2.38 bits per heavy atom. The van der Waals surface area contributed by atoms with Gasteiger partial charge in [0.15, 0.2) is 17.9 Å². The smallest absolute Gasteiger partial charge is 0.188 e. The van der Waals surface area contributed by atoms with Crippen molar-refractivity contribution in [1.82, 2.24) is 0 Å². The second kappa shape index (κ2) is 5.20. The van der Waals surface area contributed by atoms with Gasteiger partial charge in [-0.15, -0.1) is 6.42 Å². The third-order valence-electron chi connectivity index (χ3n) is 3.77. The van der Waals surface area contributed by atoms with Gasteiger partial charge in [0.25, 0.3) is 0 Å². The van der Waals surface area contributed by atoms with Crippen molar-refractivity contribution in [1.29, 1.82) is 0 Å². The van der Waals surface area contributed by atoms with Gasteiger partial charge in [0.2, 0.25) is 0 Å². The molecule has 3 heterocycles. The summed E-state index contributed by atoms with van der Waals surface area (Å²) in [6.07, 6.45) is 3.60. The number of rotatable bonds is 3. The molecule has 0 aromatic carbocycles. The van der Waals surface area contributed by atoms with Crippen LogP contribution in [0.1, 0.15) is 27.7 Å². The molecular weight excluding hydrogens is 276 g/mol. The first-order chi connectivity index (χ1) is 9.81. The molecule has 0 saturated carbocycles. The van der Waals surface area contributed by atoms with E-state index in [0.717, 1.165) is 0 Å². The third-order valence-corrected chi connectivity index (χ3v) is 3.77. The largest absolute Gasteiger partial charge is 0.348 e. The van der Waals surface area contributed by atoms with Crippen molar-refractivity contribution in [2.24, 2.45) is 0 Å². The summed E-state index contributed by atoms with van der Waals surface area (Å²) < 4.78 is 34.8. The second-order valence-electron chi connectivity index (χ2n) is 6.42. The van der Waals surface area contributed by atoms with Gasteiger partial charge in [-0.2, -0.15) is 0 Å². The summed E-state index contributed by atoms with van der Waals surface area (Å²) in [6.45, 7) is 8.11. The Morgan fingerprint density at radius 2 is 1.76 bits per heavy atom. The molecule has 0 aromatic heterocycles. The fraction of sp³-hybridized carbons (Fsp3) is 0.867. The van der Waals surface area contributed by atoms with E-state index in [2.05, 4.69) is 5.92 Å². The first-order valence-corrected chi connectivity index (χ1v) is 7.19. The summed E-state index contributed by atoms with van der Waals surface area (Å²) in [5.41, 5.74) is 0. The van der Waals surface area contributed by atoms with Crippen LogP contribution < -0.4 is 0 Å². The Labute approximate surface area is 125 Å². The van der Waals surface area contributed by atoms with E-state index in [4.69, 9.17) is 34.8 Å². The highest BCUT2D eigenvalue weighted by Gasteiger charge is 2.59. The summed E-state index contributed by atoms with van der Waals surface area (Å²) in [5, 5.41) is 0. The van der Waals surface area contributed by atoms with Gasteiger partial charge in [-0.05, 0) is 27.7 Å². The van der Waals surface area contributed by atoms with Crippen molar-refractivity contribution in [3.05, 3.63) is 0 Å². The van der Waals surface area contributed by atoms with Crippen LogP contribution in [0.3, 0.4) is 0 Å². The van der Waals surface area contributed by atoms with E-state index in [1.54, 1.807) is 0 Å². The maximum absolute atomic E-state index is 5.96. The first kappa shape index (κ1) is 15.2. The van der Waals surface area contributed by atoms with Gasteiger partial charge in [-0.3, -0.25) is 0 Å². The Morgan fingerprint density at radius 1 is 1.05 bits per heavy atom. The van der Waals surface area contributed by atoms with Gasteiger partial charge in [-0.25, -0.2) is 0 Å². The monoisotopic (exact) mass is 298 g/mol. The molecule has 3 aliphatic heterocycles. The molecule has 3 rings (SSSR count). The molecule has 6 heteroatoms. The molecule has 0 bridgehead atoms. The molecule has 21 heavy (non-hydrogen) atoms. The van der Waals surface area contributed by atoms with Crippen molar-refractivity contribution in [3.63, 3.8) is 0 Å². The summed E-state index contributed by atoms with van der Waals surface area (Å²) >= 11 is 0. The number of ether oxygens (including phenoxy) is 6. The van der Waals surface area contributed by atoms with Crippen molar-refractivity contribution in [2.75, 3.05) is 13.2 Å². The zero-order valence-electron chi connectivity index (χ0n) is 12.8. The lowest BCUT2D eigenvalue weighted by Gasteiger charge is -2.26. The van der Waals surface area contributed by atoms with Gasteiger partial charge in [0.1, 0.15) is 31.0 Å². The summed E-state index contributed by atoms with van der Waals surface area (Å²) in [4.78, 5) is 0. The van der Waals surface area contributed by atoms with E-state index >= 15 is 0 Å². The minimum Gasteiger partial charge on any atom is -0.348 e. The average Bonchev–Trinajstić information content (AvgIpc) is 2.98. The highest BCUT2D eigenvalue weighted by molar-refractivity contribution is 5.00. The van der Waals surface area contributed by atoms with Gasteiger partial charge in [-0.1, -0.05) is 5.92 Å². The van der Waals surface area contributed by atoms with Gasteiger partial charge in [0.05, 0.1) is 6.61 Å². The lowest BCUT2D eigenvalue weighted by molar-refractivity contribution is -0.244. The standard InChI is InChI=1S/C15H22O6/c1-6-7-16-13-12-11(20-15(4,5)21-12)10(18-13)9-8-17-14(2,3)19-9/h1,9-13H,7-8H2,2-5H3/t9-,10-,11+,12+,13?/m1/s1.